The van der Waals surface area contributed by atoms with Crippen LogP contribution in [0.25, 0.3) is 0 Å². The summed E-state index contributed by atoms with van der Waals surface area (Å²) in [7, 11) is 1.85. The van der Waals surface area contributed by atoms with E-state index in [1.807, 2.05) is 7.11 Å². The van der Waals surface area contributed by atoms with Crippen LogP contribution in [0.15, 0.2) is 0 Å². The lowest BCUT2D eigenvalue weighted by Gasteiger charge is -2.38. The van der Waals surface area contributed by atoms with Crippen molar-refractivity contribution in [2.24, 2.45) is 0 Å². The highest BCUT2D eigenvalue weighted by molar-refractivity contribution is 5.03. The lowest BCUT2D eigenvalue weighted by molar-refractivity contribution is 0.00117. The third-order valence-electron chi connectivity index (χ3n) is 5.18. The van der Waals surface area contributed by atoms with Crippen LogP contribution in [0.4, 0.5) is 0 Å². The van der Waals surface area contributed by atoms with Gasteiger partial charge in [0.15, 0.2) is 0 Å². The summed E-state index contributed by atoms with van der Waals surface area (Å²) in [5, 5.41) is 8.73. The molecule has 2 saturated heterocycles. The highest BCUT2D eigenvalue weighted by Crippen LogP contribution is 2.37. The van der Waals surface area contributed by atoms with Crippen LogP contribution in [-0.2, 0) is 24.2 Å². The van der Waals surface area contributed by atoms with E-state index in [0.717, 1.165) is 19.5 Å². The minimum Gasteiger partial charge on any atom is -0.381 e. The summed E-state index contributed by atoms with van der Waals surface area (Å²) in [4.78, 5) is 2.66. The van der Waals surface area contributed by atoms with Gasteiger partial charge in [0.25, 0.3) is 0 Å². The summed E-state index contributed by atoms with van der Waals surface area (Å²) in [6.45, 7) is 2.10. The smallest absolute Gasteiger partial charge is 0.147 e. The van der Waals surface area contributed by atoms with Crippen molar-refractivity contribution < 1.29 is 4.74 Å². The number of hydrogen-bond acceptors (Lipinski definition) is 4. The first-order valence-corrected chi connectivity index (χ1v) is 7.54. The monoisotopic (exact) mass is 262 g/mol. The van der Waals surface area contributed by atoms with Crippen LogP contribution in [0.3, 0.4) is 0 Å². The quantitative estimate of drug-likeness (QED) is 0.825. The number of hydrogen-bond donors (Lipinski definition) is 0. The van der Waals surface area contributed by atoms with Crippen molar-refractivity contribution in [3.8, 4) is 0 Å². The standard InChI is InChI=1S/C14H22N4O/c1-19-12-7-10-4-5-11(8-12)18(10)9-14-16-15-13-3-2-6-17(13)14/h10-12H,2-9H2,1H3. The second kappa shape index (κ2) is 4.56. The SMILES string of the molecule is COC1CC2CCC(C1)N2Cc1nnc2n1CCC2. The number of aryl methyl sites for hydroxylation is 1. The van der Waals surface area contributed by atoms with E-state index in [0.29, 0.717) is 18.2 Å². The van der Waals surface area contributed by atoms with E-state index in [2.05, 4.69) is 19.7 Å². The van der Waals surface area contributed by atoms with Crippen molar-refractivity contribution in [3.63, 3.8) is 0 Å². The molecule has 0 spiro atoms. The molecule has 0 aromatic carbocycles. The predicted octanol–water partition coefficient (Wildman–Crippen LogP) is 1.37. The maximum atomic E-state index is 5.57. The fraction of sp³-hybridized carbons (Fsp3) is 0.857. The molecule has 3 aliphatic heterocycles. The van der Waals surface area contributed by atoms with Gasteiger partial charge in [-0.2, -0.15) is 0 Å². The Bertz CT molecular complexity index is 458. The summed E-state index contributed by atoms with van der Waals surface area (Å²) in [6.07, 6.45) is 7.83. The number of fused-ring (bicyclic) bond motifs is 3. The molecule has 0 amide bonds. The Kier molecular flexibility index (Phi) is 2.84. The zero-order valence-corrected chi connectivity index (χ0v) is 11.6. The number of ether oxygens (including phenoxy) is 1. The molecule has 1 aromatic rings. The van der Waals surface area contributed by atoms with Crippen LogP contribution in [0, 0.1) is 0 Å². The van der Waals surface area contributed by atoms with Crippen LogP contribution >= 0.6 is 0 Å². The molecule has 19 heavy (non-hydrogen) atoms. The average Bonchev–Trinajstić information content (AvgIpc) is 3.07. The highest BCUT2D eigenvalue weighted by atomic mass is 16.5. The van der Waals surface area contributed by atoms with E-state index in [1.165, 1.54) is 43.8 Å². The van der Waals surface area contributed by atoms with Gasteiger partial charge < -0.3 is 9.30 Å². The first kappa shape index (κ1) is 11.9. The van der Waals surface area contributed by atoms with E-state index in [-0.39, 0.29) is 0 Å². The molecule has 2 unspecified atom stereocenters. The molecular weight excluding hydrogens is 240 g/mol. The van der Waals surface area contributed by atoms with Crippen LogP contribution in [-0.4, -0.2) is 45.0 Å². The third-order valence-corrected chi connectivity index (χ3v) is 5.18. The van der Waals surface area contributed by atoms with Gasteiger partial charge >= 0.3 is 0 Å². The average molecular weight is 262 g/mol. The van der Waals surface area contributed by atoms with Crippen molar-refractivity contribution in [3.05, 3.63) is 11.6 Å². The molecule has 0 N–H and O–H groups in total. The van der Waals surface area contributed by atoms with Crippen molar-refractivity contribution in [2.75, 3.05) is 7.11 Å². The lowest BCUT2D eigenvalue weighted by Crippen LogP contribution is -2.45. The van der Waals surface area contributed by atoms with Crippen molar-refractivity contribution in [1.29, 1.82) is 0 Å². The molecule has 2 atom stereocenters. The van der Waals surface area contributed by atoms with Crippen LogP contribution < -0.4 is 0 Å². The Morgan fingerprint density at radius 1 is 1.21 bits per heavy atom. The number of piperidine rings is 1. The van der Waals surface area contributed by atoms with Crippen molar-refractivity contribution >= 4 is 0 Å². The largest absolute Gasteiger partial charge is 0.381 e. The Morgan fingerprint density at radius 3 is 2.74 bits per heavy atom. The van der Waals surface area contributed by atoms with Gasteiger partial charge in [0.05, 0.1) is 12.6 Å². The molecule has 4 rings (SSSR count). The van der Waals surface area contributed by atoms with Gasteiger partial charge in [-0.25, -0.2) is 0 Å². The number of nitrogens with zero attached hydrogens (tertiary/aromatic N) is 4. The van der Waals surface area contributed by atoms with Gasteiger partial charge in [-0.05, 0) is 32.1 Å². The molecule has 4 heterocycles. The summed E-state index contributed by atoms with van der Waals surface area (Å²) in [6, 6.07) is 1.39. The number of methoxy groups -OCH3 is 1. The first-order valence-electron chi connectivity index (χ1n) is 7.54. The Balaban J connectivity index is 1.51. The minimum atomic E-state index is 0.470. The summed E-state index contributed by atoms with van der Waals surface area (Å²) in [5.74, 6) is 2.37. The number of rotatable bonds is 3. The fourth-order valence-corrected chi connectivity index (χ4v) is 4.17. The third kappa shape index (κ3) is 1.91. The van der Waals surface area contributed by atoms with Gasteiger partial charge in [0.2, 0.25) is 0 Å². The Morgan fingerprint density at radius 2 is 2.00 bits per heavy atom. The molecule has 0 aliphatic carbocycles. The molecule has 104 valence electrons. The van der Waals surface area contributed by atoms with E-state index >= 15 is 0 Å². The summed E-state index contributed by atoms with van der Waals surface area (Å²) < 4.78 is 7.90. The van der Waals surface area contributed by atoms with Crippen LogP contribution in [0.1, 0.15) is 43.8 Å². The summed E-state index contributed by atoms with van der Waals surface area (Å²) >= 11 is 0. The molecule has 0 saturated carbocycles. The fourth-order valence-electron chi connectivity index (χ4n) is 4.17. The van der Waals surface area contributed by atoms with Crippen molar-refractivity contribution in [1.82, 2.24) is 19.7 Å². The second-order valence-electron chi connectivity index (χ2n) is 6.17. The van der Waals surface area contributed by atoms with E-state index in [1.54, 1.807) is 0 Å². The van der Waals surface area contributed by atoms with Crippen molar-refractivity contribution in [2.45, 2.75) is 69.8 Å². The van der Waals surface area contributed by atoms with Crippen LogP contribution in [0.5, 0.6) is 0 Å². The van der Waals surface area contributed by atoms with Crippen LogP contribution in [0.2, 0.25) is 0 Å². The Hall–Kier alpha value is -0.940. The number of aromatic nitrogens is 3. The summed E-state index contributed by atoms with van der Waals surface area (Å²) in [5.41, 5.74) is 0. The van der Waals surface area contributed by atoms with E-state index in [4.69, 9.17) is 4.74 Å². The molecule has 1 aromatic heterocycles. The van der Waals surface area contributed by atoms with E-state index in [9.17, 15) is 0 Å². The zero-order chi connectivity index (χ0) is 12.8. The van der Waals surface area contributed by atoms with Gasteiger partial charge in [-0.1, -0.05) is 0 Å². The zero-order valence-electron chi connectivity index (χ0n) is 11.6. The van der Waals surface area contributed by atoms with Gasteiger partial charge in [0, 0.05) is 32.2 Å². The van der Waals surface area contributed by atoms with E-state index < -0.39 is 0 Å². The Labute approximate surface area is 113 Å². The molecule has 5 heteroatoms. The second-order valence-corrected chi connectivity index (χ2v) is 6.17. The molecule has 3 aliphatic rings. The highest BCUT2D eigenvalue weighted by Gasteiger charge is 2.41. The molecule has 0 radical (unpaired) electrons. The van der Waals surface area contributed by atoms with Gasteiger partial charge in [-0.3, -0.25) is 4.90 Å². The molecule has 2 fully saturated rings. The molecular formula is C14H22N4O. The maximum absolute atomic E-state index is 5.57. The normalized spacial score (nSPS) is 33.8. The predicted molar refractivity (Wildman–Crippen MR) is 70.7 cm³/mol. The van der Waals surface area contributed by atoms with Gasteiger partial charge in [0.1, 0.15) is 11.6 Å². The lowest BCUT2D eigenvalue weighted by atomic mass is 10.00. The minimum absolute atomic E-state index is 0.470. The molecule has 5 nitrogen and oxygen atoms in total. The topological polar surface area (TPSA) is 43.2 Å². The maximum Gasteiger partial charge on any atom is 0.147 e. The van der Waals surface area contributed by atoms with Gasteiger partial charge in [-0.15, -0.1) is 10.2 Å². The molecule has 2 bridgehead atoms. The first-order chi connectivity index (χ1) is 9.35.